The molecular formula is C8H7N7O2. The first kappa shape index (κ1) is 12.1. The number of hydrogen-bond donors (Lipinski definition) is 1. The number of rotatable bonds is 4. The lowest BCUT2D eigenvalue weighted by atomic mass is 10.4. The maximum atomic E-state index is 10.7. The van der Waals surface area contributed by atoms with Crippen molar-refractivity contribution in [2.45, 2.75) is 0 Å². The fourth-order valence-corrected chi connectivity index (χ4v) is 1.12. The minimum absolute atomic E-state index is 0.134. The Morgan fingerprint density at radius 3 is 2.53 bits per heavy atom. The van der Waals surface area contributed by atoms with Crippen molar-refractivity contribution in [3.8, 4) is 12.1 Å². The third kappa shape index (κ3) is 2.76. The topological polar surface area (TPSA) is 146 Å². The van der Waals surface area contributed by atoms with Gasteiger partial charge in [0.15, 0.2) is 0 Å². The van der Waals surface area contributed by atoms with Crippen molar-refractivity contribution in [1.82, 2.24) is 9.97 Å². The summed E-state index contributed by atoms with van der Waals surface area (Å²) in [5.74, 6) is -0.294. The van der Waals surface area contributed by atoms with Crippen LogP contribution in [0.15, 0.2) is 6.20 Å². The fourth-order valence-electron chi connectivity index (χ4n) is 1.12. The number of nitro groups is 1. The SMILES string of the molecule is N#CCN(CC#N)c1nc(N)ncc1[N+](=O)[O-]. The zero-order chi connectivity index (χ0) is 12.8. The molecule has 1 heterocycles. The average molecular weight is 233 g/mol. The average Bonchev–Trinajstić information content (AvgIpc) is 2.28. The first-order chi connectivity index (χ1) is 8.10. The van der Waals surface area contributed by atoms with Crippen molar-refractivity contribution < 1.29 is 4.92 Å². The Morgan fingerprint density at radius 2 is 2.06 bits per heavy atom. The van der Waals surface area contributed by atoms with E-state index in [4.69, 9.17) is 16.3 Å². The van der Waals surface area contributed by atoms with Crippen LogP contribution in [-0.4, -0.2) is 28.0 Å². The summed E-state index contributed by atoms with van der Waals surface area (Å²) in [7, 11) is 0. The lowest BCUT2D eigenvalue weighted by Gasteiger charge is -2.16. The molecule has 0 aromatic carbocycles. The Balaban J connectivity index is 3.25. The Bertz CT molecular complexity index is 500. The van der Waals surface area contributed by atoms with Gasteiger partial charge in [0.1, 0.15) is 19.3 Å². The maximum absolute atomic E-state index is 10.7. The number of nitrogens with two attached hydrogens (primary N) is 1. The summed E-state index contributed by atoms with van der Waals surface area (Å²) < 4.78 is 0. The smallest absolute Gasteiger partial charge is 0.329 e. The minimum atomic E-state index is -0.698. The summed E-state index contributed by atoms with van der Waals surface area (Å²) in [6.07, 6.45) is 0.944. The molecule has 9 nitrogen and oxygen atoms in total. The predicted molar refractivity (Wildman–Crippen MR) is 56.5 cm³/mol. The van der Waals surface area contributed by atoms with E-state index in [0.29, 0.717) is 0 Å². The van der Waals surface area contributed by atoms with Crippen molar-refractivity contribution in [2.24, 2.45) is 0 Å². The molecule has 0 saturated carbocycles. The first-order valence-corrected chi connectivity index (χ1v) is 4.36. The van der Waals surface area contributed by atoms with Gasteiger partial charge >= 0.3 is 5.69 Å². The standard InChI is InChI=1S/C8H7N7O2/c9-1-3-14(4-2-10)7-6(15(16)17)5-12-8(11)13-7/h5H,3-4H2,(H2,11,12,13). The highest BCUT2D eigenvalue weighted by Gasteiger charge is 2.22. The van der Waals surface area contributed by atoms with Gasteiger partial charge in [0, 0.05) is 0 Å². The van der Waals surface area contributed by atoms with Crippen LogP contribution in [0.4, 0.5) is 17.5 Å². The van der Waals surface area contributed by atoms with Crippen LogP contribution in [0.2, 0.25) is 0 Å². The van der Waals surface area contributed by atoms with Crippen LogP contribution in [0.1, 0.15) is 0 Å². The monoisotopic (exact) mass is 233 g/mol. The van der Waals surface area contributed by atoms with Crippen LogP contribution < -0.4 is 10.6 Å². The van der Waals surface area contributed by atoms with Crippen molar-refractivity contribution in [2.75, 3.05) is 23.7 Å². The molecule has 0 fully saturated rings. The first-order valence-electron chi connectivity index (χ1n) is 4.36. The molecule has 1 rings (SSSR count). The molecule has 0 aliphatic rings. The van der Waals surface area contributed by atoms with Gasteiger partial charge in [-0.25, -0.2) is 4.98 Å². The molecule has 0 bridgehead atoms. The summed E-state index contributed by atoms with van der Waals surface area (Å²) in [4.78, 5) is 18.4. The van der Waals surface area contributed by atoms with E-state index in [1.807, 2.05) is 0 Å². The van der Waals surface area contributed by atoms with Crippen molar-refractivity contribution in [3.63, 3.8) is 0 Å². The second-order valence-corrected chi connectivity index (χ2v) is 2.87. The van der Waals surface area contributed by atoms with Gasteiger partial charge < -0.3 is 10.6 Å². The second-order valence-electron chi connectivity index (χ2n) is 2.87. The summed E-state index contributed by atoms with van der Waals surface area (Å²) in [6.45, 7) is -0.407. The third-order valence-electron chi connectivity index (χ3n) is 1.79. The molecule has 0 atom stereocenters. The molecule has 0 aliphatic carbocycles. The van der Waals surface area contributed by atoms with Crippen molar-refractivity contribution in [3.05, 3.63) is 16.3 Å². The molecule has 86 valence electrons. The molecule has 1 aromatic rings. The quantitative estimate of drug-likeness (QED) is 0.428. The molecule has 0 saturated heterocycles. The molecule has 1 aromatic heterocycles. The Morgan fingerprint density at radius 1 is 1.47 bits per heavy atom. The lowest BCUT2D eigenvalue weighted by molar-refractivity contribution is -0.384. The largest absolute Gasteiger partial charge is 0.368 e. The Kier molecular flexibility index (Phi) is 3.73. The predicted octanol–water partition coefficient (Wildman–Crippen LogP) is -0.179. The van der Waals surface area contributed by atoms with E-state index in [0.717, 1.165) is 11.1 Å². The van der Waals surface area contributed by atoms with Crippen LogP contribution >= 0.6 is 0 Å². The van der Waals surface area contributed by atoms with Gasteiger partial charge in [0.25, 0.3) is 0 Å². The molecule has 0 unspecified atom stereocenters. The van der Waals surface area contributed by atoms with E-state index in [1.165, 1.54) is 0 Å². The number of nitrogen functional groups attached to an aromatic ring is 1. The summed E-state index contributed by atoms with van der Waals surface area (Å²) in [6, 6.07) is 3.58. The molecule has 0 spiro atoms. The van der Waals surface area contributed by atoms with Crippen molar-refractivity contribution in [1.29, 1.82) is 10.5 Å². The normalized spacial score (nSPS) is 9.06. The second kappa shape index (κ2) is 5.23. The molecule has 17 heavy (non-hydrogen) atoms. The number of nitriles is 2. The Labute approximate surface area is 95.9 Å². The van der Waals surface area contributed by atoms with Crippen LogP contribution in [0.25, 0.3) is 0 Å². The van der Waals surface area contributed by atoms with E-state index in [-0.39, 0.29) is 24.9 Å². The van der Waals surface area contributed by atoms with Gasteiger partial charge in [-0.3, -0.25) is 10.1 Å². The fraction of sp³-hybridized carbons (Fsp3) is 0.250. The number of nitrogens with zero attached hydrogens (tertiary/aromatic N) is 6. The van der Waals surface area contributed by atoms with E-state index >= 15 is 0 Å². The van der Waals surface area contributed by atoms with Crippen LogP contribution in [0, 0.1) is 32.8 Å². The highest BCUT2D eigenvalue weighted by atomic mass is 16.6. The highest BCUT2D eigenvalue weighted by Crippen LogP contribution is 2.24. The third-order valence-corrected chi connectivity index (χ3v) is 1.79. The van der Waals surface area contributed by atoms with Crippen molar-refractivity contribution >= 4 is 17.5 Å². The van der Waals surface area contributed by atoms with Crippen LogP contribution in [0.5, 0.6) is 0 Å². The summed E-state index contributed by atoms with van der Waals surface area (Å²) >= 11 is 0. The van der Waals surface area contributed by atoms with Crippen LogP contribution in [0.3, 0.4) is 0 Å². The molecule has 9 heteroatoms. The number of hydrogen-bond acceptors (Lipinski definition) is 8. The van der Waals surface area contributed by atoms with Gasteiger partial charge in [-0.1, -0.05) is 0 Å². The molecule has 0 amide bonds. The van der Waals surface area contributed by atoms with Gasteiger partial charge in [-0.15, -0.1) is 0 Å². The van der Waals surface area contributed by atoms with Gasteiger partial charge in [0.05, 0.1) is 17.1 Å². The molecule has 0 aliphatic heterocycles. The number of anilines is 2. The molecular weight excluding hydrogens is 226 g/mol. The minimum Gasteiger partial charge on any atom is -0.368 e. The highest BCUT2D eigenvalue weighted by molar-refractivity contribution is 5.59. The Hall–Kier alpha value is -2.94. The zero-order valence-corrected chi connectivity index (χ0v) is 8.57. The summed E-state index contributed by atoms with van der Waals surface area (Å²) in [5, 5.41) is 27.9. The molecule has 2 N–H and O–H groups in total. The summed E-state index contributed by atoms with van der Waals surface area (Å²) in [5.41, 5.74) is 4.92. The van der Waals surface area contributed by atoms with Gasteiger partial charge in [-0.2, -0.15) is 15.5 Å². The van der Waals surface area contributed by atoms with Gasteiger partial charge in [-0.05, 0) is 0 Å². The van der Waals surface area contributed by atoms with Gasteiger partial charge in [0.2, 0.25) is 11.8 Å². The van der Waals surface area contributed by atoms with E-state index in [9.17, 15) is 10.1 Å². The van der Waals surface area contributed by atoms with Crippen LogP contribution in [-0.2, 0) is 0 Å². The zero-order valence-electron chi connectivity index (χ0n) is 8.57. The van der Waals surface area contributed by atoms with E-state index < -0.39 is 10.6 Å². The number of aromatic nitrogens is 2. The van der Waals surface area contributed by atoms with E-state index in [1.54, 1.807) is 12.1 Å². The molecule has 0 radical (unpaired) electrons. The lowest BCUT2D eigenvalue weighted by Crippen LogP contribution is -2.26. The maximum Gasteiger partial charge on any atom is 0.329 e. The van der Waals surface area contributed by atoms with E-state index in [2.05, 4.69) is 9.97 Å².